The molecule has 32 heavy (non-hydrogen) atoms. The van der Waals surface area contributed by atoms with Crippen molar-refractivity contribution >= 4 is 5.97 Å². The van der Waals surface area contributed by atoms with Gasteiger partial charge in [-0.2, -0.15) is 0 Å². The van der Waals surface area contributed by atoms with Crippen LogP contribution >= 0.6 is 0 Å². The van der Waals surface area contributed by atoms with Gasteiger partial charge in [0.05, 0.1) is 26.4 Å². The molecule has 5 nitrogen and oxygen atoms in total. The van der Waals surface area contributed by atoms with Crippen molar-refractivity contribution in [3.63, 3.8) is 0 Å². The summed E-state index contributed by atoms with van der Waals surface area (Å²) in [4.78, 5) is 12.2. The van der Waals surface area contributed by atoms with Crippen LogP contribution in [-0.2, 0) is 16.8 Å². The van der Waals surface area contributed by atoms with Crippen LogP contribution in [0.2, 0.25) is 0 Å². The van der Waals surface area contributed by atoms with E-state index in [-0.39, 0.29) is 5.97 Å². The summed E-state index contributed by atoms with van der Waals surface area (Å²) < 4.78 is 22.8. The Morgan fingerprint density at radius 3 is 2.16 bits per heavy atom. The number of hydrogen-bond acceptors (Lipinski definition) is 5. The molecular formula is C27H28O5. The summed E-state index contributed by atoms with van der Waals surface area (Å²) >= 11 is 0. The van der Waals surface area contributed by atoms with Crippen LogP contribution in [0.25, 0.3) is 0 Å². The first kappa shape index (κ1) is 21.8. The molecule has 166 valence electrons. The number of aryl methyl sites for hydroxylation is 1. The van der Waals surface area contributed by atoms with Gasteiger partial charge in [-0.3, -0.25) is 0 Å². The van der Waals surface area contributed by atoms with Crippen molar-refractivity contribution in [2.75, 3.05) is 20.8 Å². The zero-order valence-corrected chi connectivity index (χ0v) is 18.9. The second-order valence-corrected chi connectivity index (χ2v) is 7.97. The number of carbonyl (C=O) groups excluding carboxylic acids is 1. The molecule has 1 heterocycles. The zero-order chi connectivity index (χ0) is 22.7. The third kappa shape index (κ3) is 3.91. The topological polar surface area (TPSA) is 54.0 Å². The molecule has 0 N–H and O–H groups in total. The molecule has 0 saturated heterocycles. The fourth-order valence-corrected chi connectivity index (χ4v) is 4.17. The minimum Gasteiger partial charge on any atom is -0.497 e. The fraction of sp³-hybridized carbons (Fsp3) is 0.296. The van der Waals surface area contributed by atoms with Gasteiger partial charge in [0.15, 0.2) is 5.60 Å². The summed E-state index contributed by atoms with van der Waals surface area (Å²) in [6.07, 6.45) is 1.55. The molecule has 1 unspecified atom stereocenters. The second kappa shape index (κ2) is 8.95. The van der Waals surface area contributed by atoms with Crippen LogP contribution in [0.1, 0.15) is 46.0 Å². The lowest BCUT2D eigenvalue weighted by atomic mass is 9.82. The summed E-state index contributed by atoms with van der Waals surface area (Å²) in [5, 5.41) is 0. The highest BCUT2D eigenvalue weighted by Crippen LogP contribution is 2.47. The van der Waals surface area contributed by atoms with Crippen LogP contribution < -0.4 is 14.2 Å². The van der Waals surface area contributed by atoms with Gasteiger partial charge in [-0.1, -0.05) is 31.2 Å². The maximum atomic E-state index is 12.2. The highest BCUT2D eigenvalue weighted by molar-refractivity contribution is 5.91. The van der Waals surface area contributed by atoms with Crippen LogP contribution in [0, 0.1) is 6.92 Å². The molecule has 5 heteroatoms. The first-order valence-electron chi connectivity index (χ1n) is 10.8. The molecule has 0 saturated carbocycles. The van der Waals surface area contributed by atoms with E-state index in [9.17, 15) is 4.79 Å². The number of esters is 1. The summed E-state index contributed by atoms with van der Waals surface area (Å²) in [5.41, 5.74) is 3.65. The molecular weight excluding hydrogens is 404 g/mol. The lowest BCUT2D eigenvalue weighted by Gasteiger charge is -2.30. The summed E-state index contributed by atoms with van der Waals surface area (Å²) in [6, 6.07) is 19.8. The molecule has 0 fully saturated rings. The largest absolute Gasteiger partial charge is 0.497 e. The molecule has 1 atom stereocenters. The molecule has 0 aromatic heterocycles. The molecule has 3 aromatic rings. The van der Waals surface area contributed by atoms with E-state index in [2.05, 4.69) is 19.1 Å². The van der Waals surface area contributed by atoms with Gasteiger partial charge in [-0.25, -0.2) is 4.79 Å². The van der Waals surface area contributed by atoms with Crippen LogP contribution in [0.3, 0.4) is 0 Å². The molecule has 0 radical (unpaired) electrons. The first-order valence-corrected chi connectivity index (χ1v) is 10.8. The Labute approximate surface area is 188 Å². The predicted octanol–water partition coefficient (Wildman–Crippen LogP) is 5.46. The maximum absolute atomic E-state index is 12.2. The number of rotatable bonds is 7. The van der Waals surface area contributed by atoms with Crippen molar-refractivity contribution in [2.24, 2.45) is 0 Å². The molecule has 0 bridgehead atoms. The van der Waals surface area contributed by atoms with E-state index in [1.807, 2.05) is 55.5 Å². The minimum atomic E-state index is -0.723. The van der Waals surface area contributed by atoms with Gasteiger partial charge in [-0.05, 0) is 60.9 Å². The van der Waals surface area contributed by atoms with Crippen molar-refractivity contribution in [1.82, 2.24) is 0 Å². The van der Waals surface area contributed by atoms with E-state index in [0.717, 1.165) is 45.9 Å². The Kier molecular flexibility index (Phi) is 6.08. The van der Waals surface area contributed by atoms with Crippen molar-refractivity contribution < 1.29 is 23.7 Å². The molecule has 1 aliphatic rings. The van der Waals surface area contributed by atoms with E-state index in [1.165, 1.54) is 7.11 Å². The Balaban J connectivity index is 1.79. The zero-order valence-electron chi connectivity index (χ0n) is 18.9. The minimum absolute atomic E-state index is 0.343. The number of ether oxygens (including phenoxy) is 4. The number of carbonyl (C=O) groups is 1. The molecule has 4 rings (SSSR count). The van der Waals surface area contributed by atoms with E-state index >= 15 is 0 Å². The average molecular weight is 433 g/mol. The van der Waals surface area contributed by atoms with Gasteiger partial charge in [0, 0.05) is 17.5 Å². The summed E-state index contributed by atoms with van der Waals surface area (Å²) in [5.74, 6) is 2.05. The van der Waals surface area contributed by atoms with Crippen LogP contribution in [0.5, 0.6) is 17.2 Å². The van der Waals surface area contributed by atoms with Crippen LogP contribution in [-0.4, -0.2) is 26.8 Å². The highest BCUT2D eigenvalue weighted by atomic mass is 16.5. The molecule has 1 aliphatic heterocycles. The Bertz CT molecular complexity index is 1100. The monoisotopic (exact) mass is 432 g/mol. The van der Waals surface area contributed by atoms with E-state index in [1.54, 1.807) is 7.11 Å². The van der Waals surface area contributed by atoms with Crippen molar-refractivity contribution in [1.29, 1.82) is 0 Å². The standard InChI is InChI=1S/C27H28O5/c1-5-14-31-23-12-8-21(9-13-23)27(20-6-10-22(29-3)11-7-20)17-19-16-24(26(28)30-4)18(2)15-25(19)32-27/h6-13,15-16H,5,14,17H2,1-4H3. The number of hydrogen-bond donors (Lipinski definition) is 0. The maximum Gasteiger partial charge on any atom is 0.338 e. The van der Waals surface area contributed by atoms with E-state index < -0.39 is 5.60 Å². The number of methoxy groups -OCH3 is 2. The second-order valence-electron chi connectivity index (χ2n) is 7.97. The molecule has 0 spiro atoms. The average Bonchev–Trinajstić information content (AvgIpc) is 3.21. The SMILES string of the molecule is CCCOc1ccc(C2(c3ccc(OC)cc3)Cc3cc(C(=O)OC)c(C)cc3O2)cc1. The van der Waals surface area contributed by atoms with Crippen molar-refractivity contribution in [3.8, 4) is 17.2 Å². The van der Waals surface area contributed by atoms with Gasteiger partial charge in [0.25, 0.3) is 0 Å². The third-order valence-corrected chi connectivity index (χ3v) is 5.89. The number of fused-ring (bicyclic) bond motifs is 1. The van der Waals surface area contributed by atoms with Gasteiger partial charge in [-0.15, -0.1) is 0 Å². The van der Waals surface area contributed by atoms with Crippen LogP contribution in [0.4, 0.5) is 0 Å². The first-order chi connectivity index (χ1) is 15.5. The lowest BCUT2D eigenvalue weighted by molar-refractivity contribution is 0.0600. The Morgan fingerprint density at radius 1 is 0.969 bits per heavy atom. The molecule has 0 amide bonds. The van der Waals surface area contributed by atoms with Gasteiger partial charge in [0.2, 0.25) is 0 Å². The predicted molar refractivity (Wildman–Crippen MR) is 123 cm³/mol. The fourth-order valence-electron chi connectivity index (χ4n) is 4.17. The Morgan fingerprint density at radius 2 is 1.59 bits per heavy atom. The smallest absolute Gasteiger partial charge is 0.338 e. The van der Waals surface area contributed by atoms with Crippen molar-refractivity contribution in [2.45, 2.75) is 32.3 Å². The number of benzene rings is 3. The van der Waals surface area contributed by atoms with Crippen molar-refractivity contribution in [3.05, 3.63) is 88.5 Å². The van der Waals surface area contributed by atoms with E-state index in [0.29, 0.717) is 18.6 Å². The molecule has 0 aliphatic carbocycles. The lowest BCUT2D eigenvalue weighted by Crippen LogP contribution is -2.32. The molecule has 3 aromatic carbocycles. The normalized spacial score (nSPS) is 16.8. The van der Waals surface area contributed by atoms with Crippen LogP contribution in [0.15, 0.2) is 60.7 Å². The summed E-state index contributed by atoms with van der Waals surface area (Å²) in [7, 11) is 3.05. The third-order valence-electron chi connectivity index (χ3n) is 5.89. The quantitative estimate of drug-likeness (QED) is 0.464. The van der Waals surface area contributed by atoms with Gasteiger partial charge >= 0.3 is 5.97 Å². The van der Waals surface area contributed by atoms with Gasteiger partial charge in [0.1, 0.15) is 17.2 Å². The van der Waals surface area contributed by atoms with E-state index in [4.69, 9.17) is 18.9 Å². The van der Waals surface area contributed by atoms with Gasteiger partial charge < -0.3 is 18.9 Å². The highest BCUT2D eigenvalue weighted by Gasteiger charge is 2.43. The Hall–Kier alpha value is -3.47. The summed E-state index contributed by atoms with van der Waals surface area (Å²) in [6.45, 7) is 4.66.